The number of carbonyl (C=O) groups is 1. The van der Waals surface area contributed by atoms with Crippen LogP contribution in [0.25, 0.3) is 16.6 Å². The zero-order chi connectivity index (χ0) is 25.6. The lowest BCUT2D eigenvalue weighted by molar-refractivity contribution is -0.137. The molecule has 0 spiro atoms. The van der Waals surface area contributed by atoms with Gasteiger partial charge >= 0.3 is 6.18 Å². The Balaban J connectivity index is 1.61. The van der Waals surface area contributed by atoms with E-state index in [4.69, 9.17) is 0 Å². The molecule has 5 nitrogen and oxygen atoms in total. The van der Waals surface area contributed by atoms with Gasteiger partial charge in [0.2, 0.25) is 0 Å². The summed E-state index contributed by atoms with van der Waals surface area (Å²) in [5, 5.41) is 3.25. The molecule has 0 aliphatic heterocycles. The summed E-state index contributed by atoms with van der Waals surface area (Å²) in [4.78, 5) is 30.5. The molecule has 184 valence electrons. The molecule has 0 fully saturated rings. The molecule has 1 N–H and O–H groups in total. The molecule has 9 heteroatoms. The molecule has 0 saturated heterocycles. The lowest BCUT2D eigenvalue weighted by Crippen LogP contribution is -2.27. The Morgan fingerprint density at radius 1 is 1.11 bits per heavy atom. The summed E-state index contributed by atoms with van der Waals surface area (Å²) in [6.45, 7) is 1.79. The average Bonchev–Trinajstić information content (AvgIpc) is 3.26. The molecule has 0 radical (unpaired) electrons. The zero-order valence-electron chi connectivity index (χ0n) is 19.1. The van der Waals surface area contributed by atoms with Gasteiger partial charge in [0.25, 0.3) is 11.5 Å². The third kappa shape index (κ3) is 4.14. The Kier molecular flexibility index (Phi) is 5.86. The van der Waals surface area contributed by atoms with E-state index in [0.29, 0.717) is 16.6 Å². The lowest BCUT2D eigenvalue weighted by Gasteiger charge is -2.18. The van der Waals surface area contributed by atoms with Crippen molar-refractivity contribution >= 4 is 16.8 Å². The number of amides is 1. The highest BCUT2D eigenvalue weighted by molar-refractivity contribution is 5.99. The molecule has 1 aliphatic rings. The Bertz CT molecular complexity index is 1510. The van der Waals surface area contributed by atoms with E-state index in [1.165, 1.54) is 34.9 Å². The van der Waals surface area contributed by atoms with Crippen LogP contribution >= 0.6 is 0 Å². The van der Waals surface area contributed by atoms with E-state index in [1.54, 1.807) is 25.3 Å². The summed E-state index contributed by atoms with van der Waals surface area (Å²) in [6.07, 6.45) is -3.93. The van der Waals surface area contributed by atoms with E-state index in [9.17, 15) is 27.2 Å². The Morgan fingerprint density at radius 2 is 1.86 bits per heavy atom. The molecule has 0 bridgehead atoms. The van der Waals surface area contributed by atoms with Crippen LogP contribution in [0.4, 0.5) is 17.6 Å². The highest BCUT2D eigenvalue weighted by atomic mass is 19.4. The number of halogens is 4. The first-order chi connectivity index (χ1) is 17.1. The van der Waals surface area contributed by atoms with Crippen LogP contribution in [0.3, 0.4) is 0 Å². The van der Waals surface area contributed by atoms with Gasteiger partial charge in [-0.25, -0.2) is 4.39 Å². The van der Waals surface area contributed by atoms with Crippen LogP contribution in [0.2, 0.25) is 0 Å². The minimum absolute atomic E-state index is 0.129. The third-order valence-corrected chi connectivity index (χ3v) is 6.47. The smallest absolute Gasteiger partial charge is 0.344 e. The van der Waals surface area contributed by atoms with Crippen molar-refractivity contribution in [2.24, 2.45) is 0 Å². The van der Waals surface area contributed by atoms with Crippen LogP contribution in [-0.4, -0.2) is 15.5 Å². The number of fused-ring (bicyclic) bond motifs is 3. The van der Waals surface area contributed by atoms with Crippen LogP contribution < -0.4 is 10.9 Å². The number of hydrogen-bond donors (Lipinski definition) is 1. The first kappa shape index (κ1) is 23.7. The van der Waals surface area contributed by atoms with Gasteiger partial charge < -0.3 is 5.32 Å². The number of pyridine rings is 2. The monoisotopic (exact) mass is 495 g/mol. The summed E-state index contributed by atoms with van der Waals surface area (Å²) in [6, 6.07) is 13.8. The number of alkyl halides is 4. The molecule has 36 heavy (non-hydrogen) atoms. The van der Waals surface area contributed by atoms with E-state index in [2.05, 4.69) is 10.3 Å². The molecule has 2 heterocycles. The van der Waals surface area contributed by atoms with E-state index >= 15 is 0 Å². The first-order valence-electron chi connectivity index (χ1n) is 11.4. The summed E-state index contributed by atoms with van der Waals surface area (Å²) >= 11 is 0. The summed E-state index contributed by atoms with van der Waals surface area (Å²) in [7, 11) is 0. The van der Waals surface area contributed by atoms with Crippen molar-refractivity contribution < 1.29 is 22.4 Å². The fourth-order valence-electron chi connectivity index (χ4n) is 4.67. The van der Waals surface area contributed by atoms with Gasteiger partial charge in [-0.2, -0.15) is 13.2 Å². The largest absolute Gasteiger partial charge is 0.416 e. The van der Waals surface area contributed by atoms with Gasteiger partial charge in [-0.05, 0) is 74.4 Å². The third-order valence-electron chi connectivity index (χ3n) is 6.47. The van der Waals surface area contributed by atoms with Crippen molar-refractivity contribution in [2.75, 3.05) is 0 Å². The molecule has 0 saturated carbocycles. The van der Waals surface area contributed by atoms with Crippen LogP contribution in [-0.2, 0) is 12.6 Å². The quantitative estimate of drug-likeness (QED) is 0.361. The van der Waals surface area contributed by atoms with Gasteiger partial charge in [0.05, 0.1) is 22.8 Å². The minimum Gasteiger partial charge on any atom is -0.344 e. The van der Waals surface area contributed by atoms with Crippen LogP contribution in [0.5, 0.6) is 0 Å². The van der Waals surface area contributed by atoms with Crippen LogP contribution in [0.1, 0.15) is 58.3 Å². The Labute approximate surface area is 203 Å². The number of nitrogens with one attached hydrogen (secondary N) is 1. The van der Waals surface area contributed by atoms with Crippen LogP contribution in [0.15, 0.2) is 71.7 Å². The number of benzene rings is 2. The fraction of sp³-hybridized carbons (Fsp3) is 0.222. The topological polar surface area (TPSA) is 64.0 Å². The van der Waals surface area contributed by atoms with E-state index < -0.39 is 29.4 Å². The summed E-state index contributed by atoms with van der Waals surface area (Å²) in [5.74, 6) is -0.399. The molecule has 2 aromatic heterocycles. The summed E-state index contributed by atoms with van der Waals surface area (Å²) < 4.78 is 55.3. The van der Waals surface area contributed by atoms with Gasteiger partial charge in [0.15, 0.2) is 0 Å². The number of carbonyl (C=O) groups excluding carboxylic acids is 1. The maximum atomic E-state index is 14.9. The Morgan fingerprint density at radius 3 is 2.53 bits per heavy atom. The van der Waals surface area contributed by atoms with Crippen molar-refractivity contribution in [3.8, 4) is 5.69 Å². The van der Waals surface area contributed by atoms with E-state index in [0.717, 1.165) is 12.1 Å². The predicted molar refractivity (Wildman–Crippen MR) is 127 cm³/mol. The fourth-order valence-corrected chi connectivity index (χ4v) is 4.67. The molecule has 1 unspecified atom stereocenters. The highest BCUT2D eigenvalue weighted by Gasteiger charge is 2.32. The number of nitrogens with zero attached hydrogens (tertiary/aromatic N) is 2. The van der Waals surface area contributed by atoms with Gasteiger partial charge in [0.1, 0.15) is 6.17 Å². The molecule has 1 amide bonds. The molecule has 1 aliphatic carbocycles. The van der Waals surface area contributed by atoms with E-state index in [-0.39, 0.29) is 41.3 Å². The second-order valence-electron chi connectivity index (χ2n) is 8.77. The van der Waals surface area contributed by atoms with E-state index in [1.807, 2.05) is 6.07 Å². The lowest BCUT2D eigenvalue weighted by atomic mass is 10.0. The molecule has 5 rings (SSSR count). The van der Waals surface area contributed by atoms with Gasteiger partial charge in [-0.15, -0.1) is 0 Å². The summed E-state index contributed by atoms with van der Waals surface area (Å²) in [5.41, 5.74) is 0.686. The average molecular weight is 495 g/mol. The van der Waals surface area contributed by atoms with Crippen molar-refractivity contribution in [1.29, 1.82) is 0 Å². The van der Waals surface area contributed by atoms with Crippen molar-refractivity contribution in [3.63, 3.8) is 0 Å². The molecular weight excluding hydrogens is 474 g/mol. The highest BCUT2D eigenvalue weighted by Crippen LogP contribution is 2.38. The number of aromatic nitrogens is 2. The first-order valence-corrected chi connectivity index (χ1v) is 11.4. The molecule has 2 atom stereocenters. The number of rotatable bonds is 4. The second-order valence-corrected chi connectivity index (χ2v) is 8.77. The zero-order valence-corrected chi connectivity index (χ0v) is 19.1. The van der Waals surface area contributed by atoms with Crippen LogP contribution in [0, 0.1) is 0 Å². The SMILES string of the molecule is C[C@H](NC(=O)c1ccc2c(c1)c1c(c(=O)n2-c2ccc(C(F)(F)F)cc2)CCC1F)c1ccccn1. The van der Waals surface area contributed by atoms with Gasteiger partial charge in [-0.3, -0.25) is 19.1 Å². The maximum Gasteiger partial charge on any atom is 0.416 e. The maximum absolute atomic E-state index is 14.9. The normalized spacial score (nSPS) is 16.1. The minimum atomic E-state index is -4.51. The Hall–Kier alpha value is -4.01. The molecule has 4 aromatic rings. The van der Waals surface area contributed by atoms with Crippen molar-refractivity contribution in [1.82, 2.24) is 14.9 Å². The van der Waals surface area contributed by atoms with Gasteiger partial charge in [-0.1, -0.05) is 6.07 Å². The predicted octanol–water partition coefficient (Wildman–Crippen LogP) is 5.85. The van der Waals surface area contributed by atoms with Crippen molar-refractivity contribution in [2.45, 2.75) is 38.2 Å². The number of hydrogen-bond acceptors (Lipinski definition) is 3. The van der Waals surface area contributed by atoms with Crippen molar-refractivity contribution in [3.05, 3.63) is 105 Å². The molecule has 2 aromatic carbocycles. The molecular formula is C27H21F4N3O2. The van der Waals surface area contributed by atoms with Gasteiger partial charge in [0, 0.05) is 34.0 Å². The second kappa shape index (κ2) is 8.89. The standard InChI is InChI=1S/C27H21F4N3O2/c1-15(22-4-2-3-13-32-22)33-25(35)16-5-12-23-20(14-16)24-19(10-11-21(24)28)26(36)34(23)18-8-6-17(7-9-18)27(29,30)31/h2-9,12-15,21H,10-11H2,1H3,(H,33,35)/t15-,21?/m0/s1.